The highest BCUT2D eigenvalue weighted by molar-refractivity contribution is 5.24. The van der Waals surface area contributed by atoms with Crippen LogP contribution in [-0.2, 0) is 0 Å². The van der Waals surface area contributed by atoms with Gasteiger partial charge in [0.2, 0.25) is 0 Å². The average Bonchev–Trinajstić information content (AvgIpc) is 2.75. The van der Waals surface area contributed by atoms with E-state index in [0.29, 0.717) is 11.6 Å². The van der Waals surface area contributed by atoms with Crippen LogP contribution in [0.5, 0.6) is 0 Å². The Kier molecular flexibility index (Phi) is 5.22. The second-order valence-electron chi connectivity index (χ2n) is 6.71. The summed E-state index contributed by atoms with van der Waals surface area (Å²) in [5.74, 6) is 0. The number of hydrogen-bond donors (Lipinski definition) is 1. The third-order valence-corrected chi connectivity index (χ3v) is 4.69. The van der Waals surface area contributed by atoms with Gasteiger partial charge in [-0.15, -0.1) is 0 Å². The van der Waals surface area contributed by atoms with Crippen molar-refractivity contribution in [3.8, 4) is 0 Å². The van der Waals surface area contributed by atoms with Crippen LogP contribution in [0.2, 0.25) is 0 Å². The Labute approximate surface area is 124 Å². The maximum atomic E-state index is 3.64. The first-order valence-electron chi connectivity index (χ1n) is 8.08. The number of hydrogen-bond acceptors (Lipinski definition) is 2. The molecule has 2 heteroatoms. The van der Waals surface area contributed by atoms with Crippen molar-refractivity contribution in [2.24, 2.45) is 0 Å². The highest BCUT2D eigenvalue weighted by Crippen LogP contribution is 2.29. The first kappa shape index (κ1) is 15.5. The molecule has 0 aliphatic carbocycles. The fourth-order valence-corrected chi connectivity index (χ4v) is 3.29. The van der Waals surface area contributed by atoms with Crippen LogP contribution >= 0.6 is 0 Å². The minimum Gasteiger partial charge on any atom is -0.310 e. The summed E-state index contributed by atoms with van der Waals surface area (Å²) in [4.78, 5) is 2.66. The van der Waals surface area contributed by atoms with E-state index in [2.05, 4.69) is 62.2 Å². The lowest BCUT2D eigenvalue weighted by Crippen LogP contribution is -2.40. The van der Waals surface area contributed by atoms with Gasteiger partial charge in [0, 0.05) is 18.1 Å². The van der Waals surface area contributed by atoms with Crippen molar-refractivity contribution in [2.45, 2.75) is 58.5 Å². The van der Waals surface area contributed by atoms with Crippen LogP contribution < -0.4 is 5.32 Å². The maximum Gasteiger partial charge on any atom is 0.0332 e. The molecule has 1 aromatic rings. The van der Waals surface area contributed by atoms with Crippen molar-refractivity contribution >= 4 is 0 Å². The number of benzene rings is 1. The summed E-state index contributed by atoms with van der Waals surface area (Å²) >= 11 is 0. The molecule has 0 saturated carbocycles. The molecular formula is C18H30N2. The lowest BCUT2D eigenvalue weighted by atomic mass is 9.99. The molecule has 1 aliphatic heterocycles. The summed E-state index contributed by atoms with van der Waals surface area (Å²) in [6, 6.07) is 9.48. The Hall–Kier alpha value is -0.860. The number of rotatable bonds is 6. The normalized spacial score (nSPS) is 20.2. The van der Waals surface area contributed by atoms with E-state index in [-0.39, 0.29) is 0 Å². The number of aryl methyl sites for hydroxylation is 1. The van der Waals surface area contributed by atoms with Crippen molar-refractivity contribution in [3.05, 3.63) is 35.4 Å². The Morgan fingerprint density at radius 3 is 2.50 bits per heavy atom. The van der Waals surface area contributed by atoms with Gasteiger partial charge in [-0.1, -0.05) is 36.8 Å². The highest BCUT2D eigenvalue weighted by Gasteiger charge is 2.31. The standard InChI is InChI=1S/C18H30N2/c1-5-19-17(16-9-7-15(2)8-10-16)11-14-20-13-6-12-18(20,3)4/h7-10,17,19H,5-6,11-14H2,1-4H3. The summed E-state index contributed by atoms with van der Waals surface area (Å²) in [5.41, 5.74) is 3.16. The molecule has 0 aromatic heterocycles. The molecule has 0 radical (unpaired) electrons. The molecule has 2 rings (SSSR count). The molecule has 1 heterocycles. The van der Waals surface area contributed by atoms with E-state index in [1.54, 1.807) is 0 Å². The largest absolute Gasteiger partial charge is 0.310 e. The van der Waals surface area contributed by atoms with Gasteiger partial charge in [0.25, 0.3) is 0 Å². The Morgan fingerprint density at radius 2 is 1.95 bits per heavy atom. The van der Waals surface area contributed by atoms with Gasteiger partial charge in [-0.2, -0.15) is 0 Å². The van der Waals surface area contributed by atoms with Crippen LogP contribution in [0.1, 0.15) is 57.2 Å². The van der Waals surface area contributed by atoms with Crippen molar-refractivity contribution in [1.82, 2.24) is 10.2 Å². The third-order valence-electron chi connectivity index (χ3n) is 4.69. The molecule has 1 N–H and O–H groups in total. The second-order valence-corrected chi connectivity index (χ2v) is 6.71. The molecule has 20 heavy (non-hydrogen) atoms. The molecule has 0 spiro atoms. The zero-order valence-electron chi connectivity index (χ0n) is 13.6. The lowest BCUT2D eigenvalue weighted by molar-refractivity contribution is 0.166. The average molecular weight is 274 g/mol. The van der Waals surface area contributed by atoms with Gasteiger partial charge >= 0.3 is 0 Å². The number of nitrogens with one attached hydrogen (secondary N) is 1. The topological polar surface area (TPSA) is 15.3 Å². The summed E-state index contributed by atoms with van der Waals surface area (Å²) in [6.07, 6.45) is 3.88. The summed E-state index contributed by atoms with van der Waals surface area (Å²) in [7, 11) is 0. The number of nitrogens with zero attached hydrogens (tertiary/aromatic N) is 1. The molecule has 1 fully saturated rings. The van der Waals surface area contributed by atoms with Gasteiger partial charge in [0.1, 0.15) is 0 Å². The maximum absolute atomic E-state index is 3.64. The Bertz CT molecular complexity index is 408. The van der Waals surface area contributed by atoms with E-state index < -0.39 is 0 Å². The molecule has 1 aromatic carbocycles. The van der Waals surface area contributed by atoms with E-state index in [0.717, 1.165) is 6.54 Å². The van der Waals surface area contributed by atoms with Gasteiger partial charge in [-0.05, 0) is 58.7 Å². The van der Waals surface area contributed by atoms with Crippen LogP contribution in [0.25, 0.3) is 0 Å². The van der Waals surface area contributed by atoms with Gasteiger partial charge < -0.3 is 5.32 Å². The van der Waals surface area contributed by atoms with Crippen molar-refractivity contribution in [2.75, 3.05) is 19.6 Å². The van der Waals surface area contributed by atoms with Crippen molar-refractivity contribution in [3.63, 3.8) is 0 Å². The predicted molar refractivity (Wildman–Crippen MR) is 87.1 cm³/mol. The molecule has 0 bridgehead atoms. The van der Waals surface area contributed by atoms with Crippen molar-refractivity contribution < 1.29 is 0 Å². The Morgan fingerprint density at radius 1 is 1.25 bits per heavy atom. The van der Waals surface area contributed by atoms with Crippen LogP contribution in [0.15, 0.2) is 24.3 Å². The minimum absolute atomic E-state index is 0.393. The third kappa shape index (κ3) is 3.83. The fraction of sp³-hybridized carbons (Fsp3) is 0.667. The predicted octanol–water partition coefficient (Wildman–Crippen LogP) is 3.91. The summed E-state index contributed by atoms with van der Waals surface area (Å²) in [5, 5.41) is 3.64. The van der Waals surface area contributed by atoms with Gasteiger partial charge in [0.05, 0.1) is 0 Å². The van der Waals surface area contributed by atoms with Gasteiger partial charge in [-0.3, -0.25) is 4.90 Å². The van der Waals surface area contributed by atoms with Crippen LogP contribution in [0, 0.1) is 6.92 Å². The van der Waals surface area contributed by atoms with Gasteiger partial charge in [-0.25, -0.2) is 0 Å². The first-order chi connectivity index (χ1) is 9.53. The van der Waals surface area contributed by atoms with Crippen LogP contribution in [-0.4, -0.2) is 30.1 Å². The molecule has 1 unspecified atom stereocenters. The SMILES string of the molecule is CCNC(CCN1CCCC1(C)C)c1ccc(C)cc1. The molecule has 112 valence electrons. The molecule has 1 atom stereocenters. The lowest BCUT2D eigenvalue weighted by Gasteiger charge is -2.33. The van der Waals surface area contributed by atoms with E-state index in [9.17, 15) is 0 Å². The molecular weight excluding hydrogens is 244 g/mol. The zero-order valence-corrected chi connectivity index (χ0v) is 13.6. The zero-order chi connectivity index (χ0) is 14.6. The first-order valence-corrected chi connectivity index (χ1v) is 8.08. The molecule has 1 aliphatic rings. The van der Waals surface area contributed by atoms with E-state index >= 15 is 0 Å². The van der Waals surface area contributed by atoms with E-state index in [1.165, 1.54) is 43.5 Å². The van der Waals surface area contributed by atoms with E-state index in [4.69, 9.17) is 0 Å². The van der Waals surface area contributed by atoms with Crippen LogP contribution in [0.4, 0.5) is 0 Å². The quantitative estimate of drug-likeness (QED) is 0.846. The fourth-order valence-electron chi connectivity index (χ4n) is 3.29. The van der Waals surface area contributed by atoms with Crippen LogP contribution in [0.3, 0.4) is 0 Å². The highest BCUT2D eigenvalue weighted by atomic mass is 15.2. The Balaban J connectivity index is 1.97. The smallest absolute Gasteiger partial charge is 0.0332 e. The van der Waals surface area contributed by atoms with E-state index in [1.807, 2.05) is 0 Å². The monoisotopic (exact) mass is 274 g/mol. The summed E-state index contributed by atoms with van der Waals surface area (Å²) in [6.45, 7) is 12.6. The van der Waals surface area contributed by atoms with Crippen molar-refractivity contribution in [1.29, 1.82) is 0 Å². The summed E-state index contributed by atoms with van der Waals surface area (Å²) < 4.78 is 0. The molecule has 0 amide bonds. The van der Waals surface area contributed by atoms with Gasteiger partial charge in [0.15, 0.2) is 0 Å². The molecule has 1 saturated heterocycles. The number of likely N-dealkylation sites (tertiary alicyclic amines) is 1. The molecule has 2 nitrogen and oxygen atoms in total. The minimum atomic E-state index is 0.393. The second kappa shape index (κ2) is 6.73.